The van der Waals surface area contributed by atoms with Crippen molar-refractivity contribution in [2.75, 3.05) is 20.2 Å². The Hall–Kier alpha value is -2.63. The van der Waals surface area contributed by atoms with Crippen LogP contribution in [-0.2, 0) is 19.6 Å². The number of sulfonamides is 1. The normalized spacial score (nSPS) is 12.3. The van der Waals surface area contributed by atoms with E-state index in [9.17, 15) is 18.0 Å². The van der Waals surface area contributed by atoms with Crippen molar-refractivity contribution < 1.29 is 27.5 Å². The lowest BCUT2D eigenvalue weighted by Gasteiger charge is -2.18. The molecule has 0 aliphatic heterocycles. The fourth-order valence-corrected chi connectivity index (χ4v) is 4.49. The Kier molecular flexibility index (Phi) is 8.00. The van der Waals surface area contributed by atoms with Gasteiger partial charge in [0.15, 0.2) is 6.10 Å². The Morgan fingerprint density at radius 2 is 1.79 bits per heavy atom. The van der Waals surface area contributed by atoms with Gasteiger partial charge in [0, 0.05) is 7.05 Å². The smallest absolute Gasteiger partial charge is 0.279 e. The van der Waals surface area contributed by atoms with Crippen molar-refractivity contribution in [1.29, 1.82) is 0 Å². The summed E-state index contributed by atoms with van der Waals surface area (Å²) >= 11 is 1.06. The molecule has 0 unspecified atom stereocenters. The zero-order valence-corrected chi connectivity index (χ0v) is 17.9. The molecule has 0 aliphatic carbocycles. The van der Waals surface area contributed by atoms with E-state index in [1.54, 1.807) is 35.7 Å². The molecule has 1 atom stereocenters. The lowest BCUT2D eigenvalue weighted by atomic mass is 10.3. The second-order valence-electron chi connectivity index (χ2n) is 5.90. The first-order valence-electron chi connectivity index (χ1n) is 8.72. The van der Waals surface area contributed by atoms with E-state index in [0.29, 0.717) is 18.1 Å². The standard InChI is InChI=1S/C18H23N3O6S2/c1-4-26-14-7-9-15(10-8-14)27-13(2)18(23)20-19-16(22)12-21(3)29(24,25)17-6-5-11-28-17/h5-11,13H,4,12H2,1-3H3,(H,19,22)(H,20,23)/t13-/m1/s1. The van der Waals surface area contributed by atoms with Gasteiger partial charge < -0.3 is 9.47 Å². The molecule has 2 aromatic rings. The molecule has 0 saturated heterocycles. The van der Waals surface area contributed by atoms with Gasteiger partial charge in [0.1, 0.15) is 15.7 Å². The molecule has 1 aromatic heterocycles. The number of nitrogens with zero attached hydrogens (tertiary/aromatic N) is 1. The van der Waals surface area contributed by atoms with E-state index in [-0.39, 0.29) is 4.21 Å². The van der Waals surface area contributed by atoms with Gasteiger partial charge in [0.25, 0.3) is 21.8 Å². The number of thiophene rings is 1. The number of amides is 2. The molecule has 0 fully saturated rings. The molecule has 0 spiro atoms. The van der Waals surface area contributed by atoms with Gasteiger partial charge in [-0.1, -0.05) is 6.07 Å². The first-order valence-corrected chi connectivity index (χ1v) is 11.0. The quantitative estimate of drug-likeness (QED) is 0.569. The lowest BCUT2D eigenvalue weighted by molar-refractivity contribution is -0.132. The Morgan fingerprint density at radius 1 is 1.14 bits per heavy atom. The summed E-state index contributed by atoms with van der Waals surface area (Å²) in [6, 6.07) is 9.83. The molecule has 2 N–H and O–H groups in total. The summed E-state index contributed by atoms with van der Waals surface area (Å²) in [7, 11) is -2.46. The van der Waals surface area contributed by atoms with Crippen molar-refractivity contribution in [3.63, 3.8) is 0 Å². The number of hydrogen-bond donors (Lipinski definition) is 2. The van der Waals surface area contributed by atoms with Crippen LogP contribution in [0.1, 0.15) is 13.8 Å². The highest BCUT2D eigenvalue weighted by atomic mass is 32.2. The first-order chi connectivity index (χ1) is 13.7. The fraction of sp³-hybridized carbons (Fsp3) is 0.333. The molecule has 2 rings (SSSR count). The summed E-state index contributed by atoms with van der Waals surface area (Å²) < 4.78 is 36.4. The summed E-state index contributed by atoms with van der Waals surface area (Å²) in [5.74, 6) is -0.125. The van der Waals surface area contributed by atoms with E-state index in [1.807, 2.05) is 6.92 Å². The summed E-state index contributed by atoms with van der Waals surface area (Å²) in [5, 5.41) is 1.63. The molecular weight excluding hydrogens is 418 g/mol. The Bertz CT molecular complexity index is 914. The number of hydrazine groups is 1. The number of carbonyl (C=O) groups excluding carboxylic acids is 2. The van der Waals surface area contributed by atoms with E-state index in [2.05, 4.69) is 10.9 Å². The molecule has 0 saturated carbocycles. The van der Waals surface area contributed by atoms with Gasteiger partial charge in [0.2, 0.25) is 0 Å². The molecule has 0 aliphatic rings. The highest BCUT2D eigenvalue weighted by Crippen LogP contribution is 2.20. The van der Waals surface area contributed by atoms with Crippen molar-refractivity contribution in [2.45, 2.75) is 24.2 Å². The Morgan fingerprint density at radius 3 is 2.38 bits per heavy atom. The zero-order chi connectivity index (χ0) is 21.4. The van der Waals surface area contributed by atoms with Crippen molar-refractivity contribution in [2.24, 2.45) is 0 Å². The van der Waals surface area contributed by atoms with Crippen LogP contribution in [0.5, 0.6) is 11.5 Å². The van der Waals surface area contributed by atoms with Gasteiger partial charge >= 0.3 is 0 Å². The minimum absolute atomic E-state index is 0.134. The predicted octanol–water partition coefficient (Wildman–Crippen LogP) is 1.38. The third-order valence-corrected chi connectivity index (χ3v) is 6.84. The lowest BCUT2D eigenvalue weighted by Crippen LogP contribution is -2.50. The van der Waals surface area contributed by atoms with E-state index >= 15 is 0 Å². The molecule has 2 amide bonds. The maximum absolute atomic E-state index is 12.3. The van der Waals surface area contributed by atoms with Crippen molar-refractivity contribution in [1.82, 2.24) is 15.2 Å². The Labute approximate surface area is 173 Å². The number of carbonyl (C=O) groups is 2. The topological polar surface area (TPSA) is 114 Å². The third-order valence-electron chi connectivity index (χ3n) is 3.67. The van der Waals surface area contributed by atoms with E-state index in [0.717, 1.165) is 15.6 Å². The summed E-state index contributed by atoms with van der Waals surface area (Å²) in [6.07, 6.45) is -0.888. The second kappa shape index (κ2) is 10.2. The minimum atomic E-state index is -3.75. The highest BCUT2D eigenvalue weighted by molar-refractivity contribution is 7.91. The number of benzene rings is 1. The van der Waals surface area contributed by atoms with Crippen LogP contribution in [0.4, 0.5) is 0 Å². The molecule has 1 heterocycles. The van der Waals surface area contributed by atoms with Crippen LogP contribution in [0.15, 0.2) is 46.0 Å². The van der Waals surface area contributed by atoms with E-state index in [1.165, 1.54) is 20.0 Å². The van der Waals surface area contributed by atoms with Gasteiger partial charge in [-0.2, -0.15) is 4.31 Å². The van der Waals surface area contributed by atoms with Crippen molar-refractivity contribution in [3.05, 3.63) is 41.8 Å². The minimum Gasteiger partial charge on any atom is -0.494 e. The maximum Gasteiger partial charge on any atom is 0.279 e. The molecule has 1 aromatic carbocycles. The second-order valence-corrected chi connectivity index (χ2v) is 9.11. The number of nitrogens with one attached hydrogen (secondary N) is 2. The summed E-state index contributed by atoms with van der Waals surface area (Å²) in [4.78, 5) is 24.1. The molecule has 0 bridgehead atoms. The van der Waals surface area contributed by atoms with Crippen molar-refractivity contribution >= 4 is 33.2 Å². The van der Waals surface area contributed by atoms with Crippen LogP contribution >= 0.6 is 11.3 Å². The average Bonchev–Trinajstić information content (AvgIpc) is 3.23. The van der Waals surface area contributed by atoms with Gasteiger partial charge in [-0.15, -0.1) is 11.3 Å². The zero-order valence-electron chi connectivity index (χ0n) is 16.2. The fourth-order valence-electron chi connectivity index (χ4n) is 2.16. The number of hydrogen-bond acceptors (Lipinski definition) is 7. The molecule has 158 valence electrons. The van der Waals surface area contributed by atoms with Gasteiger partial charge in [-0.3, -0.25) is 20.4 Å². The van der Waals surface area contributed by atoms with Gasteiger partial charge in [-0.25, -0.2) is 8.42 Å². The molecule has 9 nitrogen and oxygen atoms in total. The molecule has 29 heavy (non-hydrogen) atoms. The van der Waals surface area contributed by atoms with E-state index in [4.69, 9.17) is 9.47 Å². The molecule has 11 heteroatoms. The van der Waals surface area contributed by atoms with E-state index < -0.39 is 34.5 Å². The van der Waals surface area contributed by atoms with Gasteiger partial charge in [0.05, 0.1) is 13.2 Å². The molecular formula is C18H23N3O6S2. The van der Waals surface area contributed by atoms with Crippen LogP contribution in [0, 0.1) is 0 Å². The first kappa shape index (κ1) is 22.7. The average molecular weight is 442 g/mol. The third kappa shape index (κ3) is 6.44. The van der Waals surface area contributed by atoms with Crippen LogP contribution in [0.25, 0.3) is 0 Å². The maximum atomic E-state index is 12.3. The number of ether oxygens (including phenoxy) is 2. The summed E-state index contributed by atoms with van der Waals surface area (Å²) in [6.45, 7) is 3.49. The number of likely N-dealkylation sites (N-methyl/N-ethyl adjacent to an activating group) is 1. The van der Waals surface area contributed by atoms with Crippen LogP contribution in [-0.4, -0.2) is 50.8 Å². The summed E-state index contributed by atoms with van der Waals surface area (Å²) in [5.41, 5.74) is 4.40. The SMILES string of the molecule is CCOc1ccc(O[C@H](C)C(=O)NNC(=O)CN(C)S(=O)(=O)c2cccs2)cc1. The largest absolute Gasteiger partial charge is 0.494 e. The van der Waals surface area contributed by atoms with Crippen LogP contribution in [0.2, 0.25) is 0 Å². The van der Waals surface area contributed by atoms with Crippen molar-refractivity contribution in [3.8, 4) is 11.5 Å². The predicted molar refractivity (Wildman–Crippen MR) is 108 cm³/mol. The highest BCUT2D eigenvalue weighted by Gasteiger charge is 2.24. The Balaban J connectivity index is 1.80. The van der Waals surface area contributed by atoms with Crippen LogP contribution < -0.4 is 20.3 Å². The molecule has 0 radical (unpaired) electrons. The monoisotopic (exact) mass is 441 g/mol. The van der Waals surface area contributed by atoms with Crippen LogP contribution in [0.3, 0.4) is 0 Å². The van der Waals surface area contributed by atoms with Gasteiger partial charge in [-0.05, 0) is 49.6 Å². The number of rotatable bonds is 9.